The smallest absolute Gasteiger partial charge is 0.251 e. The fourth-order valence-electron chi connectivity index (χ4n) is 3.41. The van der Waals surface area contributed by atoms with Crippen LogP contribution in [0.15, 0.2) is 24.3 Å². The van der Waals surface area contributed by atoms with Crippen molar-refractivity contribution >= 4 is 11.8 Å². The van der Waals surface area contributed by atoms with Gasteiger partial charge in [0, 0.05) is 50.7 Å². The predicted octanol–water partition coefficient (Wildman–Crippen LogP) is 1.26. The first-order valence-corrected chi connectivity index (χ1v) is 9.09. The Hall–Kier alpha value is -1.92. The standard InChI is InChI=1S/C19H27N3O3/c1-15(13-22-7-3-6-18(22)23)20-19(24)17-5-2-4-16(12-17)14-21-8-10-25-11-9-21/h2,4-5,12,15H,3,6-11,13-14H2,1H3,(H,20,24)/t15-/m0/s1. The third-order valence-corrected chi connectivity index (χ3v) is 4.74. The average Bonchev–Trinajstić information content (AvgIpc) is 3.00. The van der Waals surface area contributed by atoms with Crippen LogP contribution in [0.25, 0.3) is 0 Å². The second-order valence-corrected chi connectivity index (χ2v) is 6.91. The molecule has 6 nitrogen and oxygen atoms in total. The van der Waals surface area contributed by atoms with Gasteiger partial charge in [0.15, 0.2) is 0 Å². The summed E-state index contributed by atoms with van der Waals surface area (Å²) in [4.78, 5) is 28.4. The number of hydrogen-bond donors (Lipinski definition) is 1. The number of morpholine rings is 1. The minimum absolute atomic E-state index is 0.0579. The van der Waals surface area contributed by atoms with Crippen LogP contribution in [0.1, 0.15) is 35.7 Å². The molecule has 3 rings (SSSR count). The predicted molar refractivity (Wildman–Crippen MR) is 95.3 cm³/mol. The molecule has 136 valence electrons. The molecule has 0 saturated carbocycles. The molecule has 2 heterocycles. The van der Waals surface area contributed by atoms with Crippen LogP contribution in [0.3, 0.4) is 0 Å². The minimum atomic E-state index is -0.0806. The third-order valence-electron chi connectivity index (χ3n) is 4.74. The number of nitrogens with one attached hydrogen (secondary N) is 1. The molecule has 1 aromatic carbocycles. The van der Waals surface area contributed by atoms with Gasteiger partial charge >= 0.3 is 0 Å². The van der Waals surface area contributed by atoms with Crippen LogP contribution in [-0.2, 0) is 16.1 Å². The van der Waals surface area contributed by atoms with E-state index in [2.05, 4.69) is 16.3 Å². The van der Waals surface area contributed by atoms with Gasteiger partial charge < -0.3 is 15.0 Å². The summed E-state index contributed by atoms with van der Waals surface area (Å²) in [5, 5.41) is 3.01. The van der Waals surface area contributed by atoms with E-state index < -0.39 is 0 Å². The first kappa shape index (κ1) is 17.9. The van der Waals surface area contributed by atoms with Gasteiger partial charge in [0.1, 0.15) is 0 Å². The van der Waals surface area contributed by atoms with Crippen LogP contribution >= 0.6 is 0 Å². The quantitative estimate of drug-likeness (QED) is 0.843. The van der Waals surface area contributed by atoms with Gasteiger partial charge in [0.25, 0.3) is 5.91 Å². The maximum Gasteiger partial charge on any atom is 0.251 e. The Labute approximate surface area is 149 Å². The van der Waals surface area contributed by atoms with Gasteiger partial charge in [-0.1, -0.05) is 12.1 Å². The molecule has 0 aromatic heterocycles. The molecule has 0 bridgehead atoms. The van der Waals surface area contributed by atoms with Crippen molar-refractivity contribution < 1.29 is 14.3 Å². The molecule has 0 aliphatic carbocycles. The molecule has 2 saturated heterocycles. The van der Waals surface area contributed by atoms with E-state index in [1.807, 2.05) is 30.0 Å². The molecule has 2 aliphatic heterocycles. The van der Waals surface area contributed by atoms with Crippen molar-refractivity contribution in [3.05, 3.63) is 35.4 Å². The zero-order valence-corrected chi connectivity index (χ0v) is 14.9. The van der Waals surface area contributed by atoms with Crippen molar-refractivity contribution in [3.63, 3.8) is 0 Å². The third kappa shape index (κ3) is 5.03. The highest BCUT2D eigenvalue weighted by atomic mass is 16.5. The molecule has 0 unspecified atom stereocenters. The summed E-state index contributed by atoms with van der Waals surface area (Å²) in [7, 11) is 0. The van der Waals surface area contributed by atoms with Crippen LogP contribution in [0.5, 0.6) is 0 Å². The van der Waals surface area contributed by atoms with Crippen molar-refractivity contribution in [2.45, 2.75) is 32.4 Å². The Bertz CT molecular complexity index is 614. The van der Waals surface area contributed by atoms with E-state index in [1.165, 1.54) is 0 Å². The lowest BCUT2D eigenvalue weighted by atomic mass is 10.1. The van der Waals surface area contributed by atoms with Crippen LogP contribution in [0.4, 0.5) is 0 Å². The zero-order chi connectivity index (χ0) is 17.6. The van der Waals surface area contributed by atoms with Crippen molar-refractivity contribution in [1.29, 1.82) is 0 Å². The van der Waals surface area contributed by atoms with Crippen LogP contribution in [-0.4, -0.2) is 67.0 Å². The summed E-state index contributed by atoms with van der Waals surface area (Å²) in [6.45, 7) is 7.56. The van der Waals surface area contributed by atoms with E-state index in [-0.39, 0.29) is 17.9 Å². The van der Waals surface area contributed by atoms with Gasteiger partial charge in [-0.25, -0.2) is 0 Å². The van der Waals surface area contributed by atoms with Crippen LogP contribution in [0.2, 0.25) is 0 Å². The Kier molecular flexibility index (Phi) is 6.04. The Balaban J connectivity index is 1.54. The van der Waals surface area contributed by atoms with E-state index in [4.69, 9.17) is 4.74 Å². The van der Waals surface area contributed by atoms with E-state index >= 15 is 0 Å². The van der Waals surface area contributed by atoms with Gasteiger partial charge in [-0.2, -0.15) is 0 Å². The summed E-state index contributed by atoms with van der Waals surface area (Å²) in [5.74, 6) is 0.108. The second kappa shape index (κ2) is 8.45. The summed E-state index contributed by atoms with van der Waals surface area (Å²) >= 11 is 0. The highest BCUT2D eigenvalue weighted by Crippen LogP contribution is 2.12. The Morgan fingerprint density at radius 1 is 1.28 bits per heavy atom. The van der Waals surface area contributed by atoms with E-state index in [0.29, 0.717) is 18.5 Å². The summed E-state index contributed by atoms with van der Waals surface area (Å²) in [5.41, 5.74) is 1.81. The molecular formula is C19H27N3O3. The van der Waals surface area contributed by atoms with E-state index in [0.717, 1.165) is 51.4 Å². The van der Waals surface area contributed by atoms with Gasteiger partial charge in [-0.15, -0.1) is 0 Å². The average molecular weight is 345 g/mol. The van der Waals surface area contributed by atoms with Crippen molar-refractivity contribution in [3.8, 4) is 0 Å². The first-order chi connectivity index (χ1) is 12.1. The summed E-state index contributed by atoms with van der Waals surface area (Å²) < 4.78 is 5.37. The SMILES string of the molecule is C[C@@H](CN1CCCC1=O)NC(=O)c1cccc(CN2CCOCC2)c1. The molecule has 2 aliphatic rings. The largest absolute Gasteiger partial charge is 0.379 e. The normalized spacial score (nSPS) is 19.9. The summed E-state index contributed by atoms with van der Waals surface area (Å²) in [6, 6.07) is 7.72. The molecule has 25 heavy (non-hydrogen) atoms. The van der Waals surface area contributed by atoms with Gasteiger partial charge in [0.2, 0.25) is 5.91 Å². The molecule has 1 atom stereocenters. The number of carbonyl (C=O) groups is 2. The Morgan fingerprint density at radius 2 is 2.08 bits per heavy atom. The Morgan fingerprint density at radius 3 is 2.80 bits per heavy atom. The van der Waals surface area contributed by atoms with E-state index in [1.54, 1.807) is 0 Å². The molecule has 0 spiro atoms. The molecular weight excluding hydrogens is 318 g/mol. The lowest BCUT2D eigenvalue weighted by Crippen LogP contribution is -2.42. The fourth-order valence-corrected chi connectivity index (χ4v) is 3.41. The lowest BCUT2D eigenvalue weighted by molar-refractivity contribution is -0.127. The maximum absolute atomic E-state index is 12.5. The molecule has 1 N–H and O–H groups in total. The zero-order valence-electron chi connectivity index (χ0n) is 14.9. The number of benzene rings is 1. The number of hydrogen-bond acceptors (Lipinski definition) is 4. The minimum Gasteiger partial charge on any atom is -0.379 e. The van der Waals surface area contributed by atoms with Crippen molar-refractivity contribution in [2.24, 2.45) is 0 Å². The molecule has 1 aromatic rings. The highest BCUT2D eigenvalue weighted by molar-refractivity contribution is 5.94. The highest BCUT2D eigenvalue weighted by Gasteiger charge is 2.22. The molecule has 2 fully saturated rings. The van der Waals surface area contributed by atoms with Crippen molar-refractivity contribution in [1.82, 2.24) is 15.1 Å². The molecule has 0 radical (unpaired) electrons. The van der Waals surface area contributed by atoms with Crippen LogP contribution < -0.4 is 5.32 Å². The monoisotopic (exact) mass is 345 g/mol. The maximum atomic E-state index is 12.5. The van der Waals surface area contributed by atoms with Crippen molar-refractivity contribution in [2.75, 3.05) is 39.4 Å². The van der Waals surface area contributed by atoms with Gasteiger partial charge in [-0.3, -0.25) is 14.5 Å². The van der Waals surface area contributed by atoms with E-state index in [9.17, 15) is 9.59 Å². The van der Waals surface area contributed by atoms with Crippen LogP contribution in [0, 0.1) is 0 Å². The number of ether oxygens (including phenoxy) is 1. The first-order valence-electron chi connectivity index (χ1n) is 9.09. The molecule has 2 amide bonds. The fraction of sp³-hybridized carbons (Fsp3) is 0.579. The number of likely N-dealkylation sites (tertiary alicyclic amines) is 1. The number of amides is 2. The topological polar surface area (TPSA) is 61.9 Å². The number of carbonyl (C=O) groups excluding carboxylic acids is 2. The van der Waals surface area contributed by atoms with Gasteiger partial charge in [0.05, 0.1) is 13.2 Å². The lowest BCUT2D eigenvalue weighted by Gasteiger charge is -2.26. The number of nitrogens with zero attached hydrogens (tertiary/aromatic N) is 2. The summed E-state index contributed by atoms with van der Waals surface area (Å²) in [6.07, 6.45) is 1.55. The number of rotatable bonds is 6. The van der Waals surface area contributed by atoms with Gasteiger partial charge in [-0.05, 0) is 31.0 Å². The second-order valence-electron chi connectivity index (χ2n) is 6.91. The molecule has 6 heteroatoms.